The van der Waals surface area contributed by atoms with E-state index in [4.69, 9.17) is 4.74 Å². The third-order valence-corrected chi connectivity index (χ3v) is 7.41. The number of carbonyl (C=O) groups is 1. The van der Waals surface area contributed by atoms with E-state index >= 15 is 0 Å². The fourth-order valence-corrected chi connectivity index (χ4v) is 5.60. The van der Waals surface area contributed by atoms with Crippen LogP contribution in [0.1, 0.15) is 74.7 Å². The maximum absolute atomic E-state index is 12.7. The maximum Gasteiger partial charge on any atom is 0.410 e. The molecule has 1 aromatic heterocycles. The Hall–Kier alpha value is -3.90. The summed E-state index contributed by atoms with van der Waals surface area (Å²) in [5.41, 5.74) is 5.86. The van der Waals surface area contributed by atoms with Gasteiger partial charge in [-0.15, -0.1) is 0 Å². The zero-order chi connectivity index (χ0) is 26.4. The number of fused-ring (bicyclic) bond motifs is 2. The number of likely N-dealkylation sites (tertiary alicyclic amines) is 1. The topological polar surface area (TPSA) is 78.4 Å². The Morgan fingerprint density at radius 1 is 1.05 bits per heavy atom. The molecule has 0 spiro atoms. The van der Waals surface area contributed by atoms with E-state index in [1.165, 1.54) is 5.57 Å². The molecule has 1 fully saturated rings. The molecule has 2 aliphatic rings. The summed E-state index contributed by atoms with van der Waals surface area (Å²) in [4.78, 5) is 22.6. The highest BCUT2D eigenvalue weighted by Crippen LogP contribution is 2.38. The molecule has 194 valence electrons. The molecule has 38 heavy (non-hydrogen) atoms. The molecule has 6 nitrogen and oxygen atoms in total. The zero-order valence-electron chi connectivity index (χ0n) is 22.1. The highest BCUT2D eigenvalue weighted by molar-refractivity contribution is 5.92. The van der Waals surface area contributed by atoms with Gasteiger partial charge in [0.25, 0.3) is 0 Å². The van der Waals surface area contributed by atoms with Gasteiger partial charge in [-0.25, -0.2) is 9.78 Å². The maximum atomic E-state index is 12.7. The van der Waals surface area contributed by atoms with Crippen molar-refractivity contribution in [1.29, 1.82) is 0 Å². The lowest BCUT2D eigenvalue weighted by atomic mass is 9.85. The number of aliphatic hydroxyl groups is 1. The third kappa shape index (κ3) is 4.61. The van der Waals surface area contributed by atoms with Crippen molar-refractivity contribution < 1.29 is 14.6 Å². The highest BCUT2D eigenvalue weighted by atomic mass is 16.6. The second-order valence-corrected chi connectivity index (χ2v) is 11.2. The van der Waals surface area contributed by atoms with Gasteiger partial charge >= 0.3 is 6.09 Å². The lowest BCUT2D eigenvalue weighted by Crippen LogP contribution is -2.36. The van der Waals surface area contributed by atoms with Gasteiger partial charge in [-0.3, -0.25) is 4.90 Å². The van der Waals surface area contributed by atoms with E-state index in [1.807, 2.05) is 45.2 Å². The minimum absolute atomic E-state index is 0.105. The van der Waals surface area contributed by atoms with Crippen LogP contribution < -0.4 is 0 Å². The average Bonchev–Trinajstić information content (AvgIpc) is 3.58. The number of hydrogen-bond donors (Lipinski definition) is 2. The van der Waals surface area contributed by atoms with Crippen molar-refractivity contribution in [3.63, 3.8) is 0 Å². The van der Waals surface area contributed by atoms with E-state index in [-0.39, 0.29) is 12.1 Å². The summed E-state index contributed by atoms with van der Waals surface area (Å²) >= 11 is 0. The SMILES string of the molecule is CC(C)(C)OC(=O)N1CCC[C@H]1c1ncc(-c2ccc3cc(C4=CCC(O)c5ccccc54)ccc3c2)[nH]1. The van der Waals surface area contributed by atoms with Gasteiger partial charge in [0.15, 0.2) is 0 Å². The zero-order valence-corrected chi connectivity index (χ0v) is 22.1. The molecule has 6 heteroatoms. The number of nitrogens with zero attached hydrogens (tertiary/aromatic N) is 2. The Balaban J connectivity index is 1.25. The number of H-pyrrole nitrogens is 1. The van der Waals surface area contributed by atoms with Gasteiger partial charge in [-0.2, -0.15) is 0 Å². The lowest BCUT2D eigenvalue weighted by Gasteiger charge is -2.27. The molecule has 2 N–H and O–H groups in total. The molecule has 6 rings (SSSR count). The average molecular weight is 508 g/mol. The number of nitrogens with one attached hydrogen (secondary N) is 1. The van der Waals surface area contributed by atoms with Crippen LogP contribution >= 0.6 is 0 Å². The first-order chi connectivity index (χ1) is 18.3. The Kier molecular flexibility index (Phi) is 6.07. The molecule has 1 amide bonds. The molecular formula is C32H33N3O3. The normalized spacial score (nSPS) is 19.4. The van der Waals surface area contributed by atoms with E-state index in [2.05, 4.69) is 58.5 Å². The van der Waals surface area contributed by atoms with Crippen LogP contribution in [0.3, 0.4) is 0 Å². The summed E-state index contributed by atoms with van der Waals surface area (Å²) in [7, 11) is 0. The number of imidazole rings is 1. The van der Waals surface area contributed by atoms with E-state index in [9.17, 15) is 9.90 Å². The molecule has 1 aliphatic carbocycles. The van der Waals surface area contributed by atoms with Crippen LogP contribution in [0, 0.1) is 0 Å². The number of aliphatic hydroxyl groups excluding tert-OH is 1. The minimum atomic E-state index is -0.526. The molecular weight excluding hydrogens is 474 g/mol. The minimum Gasteiger partial charge on any atom is -0.444 e. The largest absolute Gasteiger partial charge is 0.444 e. The van der Waals surface area contributed by atoms with Crippen LogP contribution in [-0.2, 0) is 4.74 Å². The van der Waals surface area contributed by atoms with E-state index in [1.54, 1.807) is 4.90 Å². The molecule has 1 aliphatic heterocycles. The standard InChI is InChI=1S/C32H33N3O3/c1-32(2,3)38-31(37)35-16-6-9-28(35)30-33-19-27(34-30)23-13-11-20-17-22(12-10-21(20)18-23)24-14-15-29(36)26-8-5-4-7-25(24)26/h4-5,7-8,10-14,17-19,28-29,36H,6,9,15-16H2,1-3H3,(H,33,34)/t28-,29?/m0/s1. The van der Waals surface area contributed by atoms with Gasteiger partial charge in [-0.1, -0.05) is 54.6 Å². The van der Waals surface area contributed by atoms with Gasteiger partial charge in [0.1, 0.15) is 11.4 Å². The summed E-state index contributed by atoms with van der Waals surface area (Å²) in [6.07, 6.45) is 5.67. The van der Waals surface area contributed by atoms with Crippen molar-refractivity contribution in [1.82, 2.24) is 14.9 Å². The molecule has 0 bridgehead atoms. The summed E-state index contributed by atoms with van der Waals surface area (Å²) in [5.74, 6) is 0.795. The van der Waals surface area contributed by atoms with Gasteiger partial charge in [0.05, 0.1) is 24.0 Å². The number of aromatic nitrogens is 2. The second-order valence-electron chi connectivity index (χ2n) is 11.2. The van der Waals surface area contributed by atoms with Crippen LogP contribution in [0.2, 0.25) is 0 Å². The Morgan fingerprint density at radius 2 is 1.79 bits per heavy atom. The van der Waals surface area contributed by atoms with Gasteiger partial charge in [-0.05, 0) is 85.2 Å². The number of benzene rings is 3. The summed E-state index contributed by atoms with van der Waals surface area (Å²) in [6, 6.07) is 20.9. The first kappa shape index (κ1) is 24.4. The molecule has 3 aromatic carbocycles. The van der Waals surface area contributed by atoms with E-state index < -0.39 is 11.7 Å². The quantitative estimate of drug-likeness (QED) is 0.308. The molecule has 0 radical (unpaired) electrons. The first-order valence-electron chi connectivity index (χ1n) is 13.3. The van der Waals surface area contributed by atoms with Crippen LogP contribution in [-0.4, -0.2) is 38.2 Å². The molecule has 0 saturated carbocycles. The monoisotopic (exact) mass is 507 g/mol. The second kappa shape index (κ2) is 9.44. The number of amides is 1. The predicted octanol–water partition coefficient (Wildman–Crippen LogP) is 7.17. The predicted molar refractivity (Wildman–Crippen MR) is 150 cm³/mol. The number of ether oxygens (including phenoxy) is 1. The first-order valence-corrected chi connectivity index (χ1v) is 13.3. The fourth-order valence-electron chi connectivity index (χ4n) is 5.60. The van der Waals surface area contributed by atoms with Crippen LogP contribution in [0.5, 0.6) is 0 Å². The molecule has 4 aromatic rings. The van der Waals surface area contributed by atoms with Crippen LogP contribution in [0.25, 0.3) is 27.6 Å². The Labute approximate surface area is 223 Å². The number of hydrogen-bond acceptors (Lipinski definition) is 4. The molecule has 2 heterocycles. The van der Waals surface area contributed by atoms with Crippen molar-refractivity contribution in [3.8, 4) is 11.3 Å². The summed E-state index contributed by atoms with van der Waals surface area (Å²) in [6.45, 7) is 6.34. The van der Waals surface area contributed by atoms with Crippen molar-refractivity contribution in [2.75, 3.05) is 6.54 Å². The smallest absolute Gasteiger partial charge is 0.410 e. The van der Waals surface area contributed by atoms with Crippen molar-refractivity contribution in [2.45, 2.75) is 57.8 Å². The lowest BCUT2D eigenvalue weighted by molar-refractivity contribution is 0.0218. The van der Waals surface area contributed by atoms with Crippen molar-refractivity contribution in [2.24, 2.45) is 0 Å². The number of rotatable bonds is 3. The fraction of sp³-hybridized carbons (Fsp3) is 0.312. The highest BCUT2D eigenvalue weighted by Gasteiger charge is 2.34. The van der Waals surface area contributed by atoms with Gasteiger partial charge < -0.3 is 14.8 Å². The Bertz CT molecular complexity index is 1550. The van der Waals surface area contributed by atoms with Crippen LogP contribution in [0.4, 0.5) is 4.79 Å². The third-order valence-electron chi connectivity index (χ3n) is 7.41. The summed E-state index contributed by atoms with van der Waals surface area (Å²) < 4.78 is 5.62. The van der Waals surface area contributed by atoms with E-state index in [0.717, 1.165) is 57.4 Å². The van der Waals surface area contributed by atoms with Crippen molar-refractivity contribution in [3.05, 3.63) is 95.5 Å². The molecule has 2 atom stereocenters. The molecule has 1 unspecified atom stereocenters. The van der Waals surface area contributed by atoms with Gasteiger partial charge in [0, 0.05) is 12.1 Å². The van der Waals surface area contributed by atoms with Crippen LogP contribution in [0.15, 0.2) is 72.9 Å². The van der Waals surface area contributed by atoms with Crippen molar-refractivity contribution >= 4 is 22.4 Å². The van der Waals surface area contributed by atoms with Gasteiger partial charge in [0.2, 0.25) is 0 Å². The Morgan fingerprint density at radius 3 is 2.58 bits per heavy atom. The van der Waals surface area contributed by atoms with E-state index in [0.29, 0.717) is 13.0 Å². The number of aromatic amines is 1. The number of carbonyl (C=O) groups excluding carboxylic acids is 1. The molecule has 1 saturated heterocycles. The summed E-state index contributed by atoms with van der Waals surface area (Å²) in [5, 5.41) is 12.7.